The van der Waals surface area contributed by atoms with Crippen LogP contribution < -0.4 is 5.32 Å². The summed E-state index contributed by atoms with van der Waals surface area (Å²) in [5.41, 5.74) is 4.62. The zero-order valence-corrected chi connectivity index (χ0v) is 12.9. The number of aromatic nitrogens is 2. The standard InChI is InChI=1S/C14H19N3O2S/c1-9-5-6-12(7-14(9)20(4,18)19)15-8-13-10(2)16-17-11(13)3/h5-7,15H,8H2,1-4H3,(H,16,17). The summed E-state index contributed by atoms with van der Waals surface area (Å²) in [6.07, 6.45) is 1.23. The van der Waals surface area contributed by atoms with Crippen molar-refractivity contribution < 1.29 is 8.42 Å². The van der Waals surface area contributed by atoms with Crippen molar-refractivity contribution >= 4 is 15.5 Å². The maximum Gasteiger partial charge on any atom is 0.175 e. The molecule has 5 nitrogen and oxygen atoms in total. The first-order valence-electron chi connectivity index (χ1n) is 6.34. The summed E-state index contributed by atoms with van der Waals surface area (Å²) in [5.74, 6) is 0. The maximum atomic E-state index is 11.7. The second kappa shape index (κ2) is 5.28. The molecule has 2 aromatic rings. The fourth-order valence-corrected chi connectivity index (χ4v) is 3.13. The Balaban J connectivity index is 2.23. The molecule has 0 radical (unpaired) electrons. The van der Waals surface area contributed by atoms with E-state index in [1.54, 1.807) is 13.0 Å². The van der Waals surface area contributed by atoms with Crippen molar-refractivity contribution in [1.29, 1.82) is 0 Å². The molecule has 0 aliphatic rings. The number of sulfone groups is 1. The number of H-pyrrole nitrogens is 1. The number of hydrogen-bond donors (Lipinski definition) is 2. The summed E-state index contributed by atoms with van der Waals surface area (Å²) in [6, 6.07) is 5.37. The lowest BCUT2D eigenvalue weighted by atomic mass is 10.2. The van der Waals surface area contributed by atoms with Crippen LogP contribution in [0.1, 0.15) is 22.5 Å². The van der Waals surface area contributed by atoms with Crippen LogP contribution in [0.15, 0.2) is 23.1 Å². The first-order valence-corrected chi connectivity index (χ1v) is 8.23. The van der Waals surface area contributed by atoms with Crippen molar-refractivity contribution in [2.45, 2.75) is 32.2 Å². The van der Waals surface area contributed by atoms with Crippen LogP contribution in [-0.4, -0.2) is 24.9 Å². The van der Waals surface area contributed by atoms with Gasteiger partial charge in [0.1, 0.15) is 0 Å². The van der Waals surface area contributed by atoms with Gasteiger partial charge in [-0.1, -0.05) is 6.07 Å². The van der Waals surface area contributed by atoms with Crippen LogP contribution in [0.5, 0.6) is 0 Å². The molecule has 108 valence electrons. The summed E-state index contributed by atoms with van der Waals surface area (Å²) in [5, 5.41) is 10.3. The van der Waals surface area contributed by atoms with E-state index in [-0.39, 0.29) is 0 Å². The van der Waals surface area contributed by atoms with Gasteiger partial charge >= 0.3 is 0 Å². The van der Waals surface area contributed by atoms with Crippen LogP contribution in [0.2, 0.25) is 0 Å². The van der Waals surface area contributed by atoms with Crippen molar-refractivity contribution in [1.82, 2.24) is 10.2 Å². The first-order chi connectivity index (χ1) is 9.29. The minimum absolute atomic E-state index is 0.364. The molecule has 2 N–H and O–H groups in total. The van der Waals surface area contributed by atoms with E-state index in [0.717, 1.165) is 28.2 Å². The van der Waals surface area contributed by atoms with E-state index in [0.29, 0.717) is 11.4 Å². The van der Waals surface area contributed by atoms with Crippen LogP contribution in [0.25, 0.3) is 0 Å². The molecule has 1 heterocycles. The Kier molecular flexibility index (Phi) is 3.85. The van der Waals surface area contributed by atoms with E-state index in [1.807, 2.05) is 26.0 Å². The van der Waals surface area contributed by atoms with Gasteiger partial charge in [-0.2, -0.15) is 5.10 Å². The molecule has 0 amide bonds. The highest BCUT2D eigenvalue weighted by atomic mass is 32.2. The second-order valence-corrected chi connectivity index (χ2v) is 7.00. The number of aryl methyl sites for hydroxylation is 3. The summed E-state index contributed by atoms with van der Waals surface area (Å²) in [6.45, 7) is 6.32. The molecule has 20 heavy (non-hydrogen) atoms. The minimum atomic E-state index is -3.20. The second-order valence-electron chi connectivity index (χ2n) is 5.02. The van der Waals surface area contributed by atoms with Gasteiger partial charge in [-0.3, -0.25) is 5.10 Å². The molecule has 2 rings (SSSR count). The Morgan fingerprint density at radius 2 is 1.95 bits per heavy atom. The van der Waals surface area contributed by atoms with E-state index in [4.69, 9.17) is 0 Å². The highest BCUT2D eigenvalue weighted by molar-refractivity contribution is 7.90. The predicted octanol–water partition coefficient (Wildman–Crippen LogP) is 2.35. The molecule has 0 spiro atoms. The quantitative estimate of drug-likeness (QED) is 0.907. The van der Waals surface area contributed by atoms with Gasteiger partial charge in [0.2, 0.25) is 0 Å². The van der Waals surface area contributed by atoms with E-state index < -0.39 is 9.84 Å². The zero-order valence-electron chi connectivity index (χ0n) is 12.1. The van der Waals surface area contributed by atoms with Crippen molar-refractivity contribution in [3.05, 3.63) is 40.7 Å². The lowest BCUT2D eigenvalue weighted by Gasteiger charge is -2.10. The Labute approximate surface area is 119 Å². The molecule has 6 heteroatoms. The predicted molar refractivity (Wildman–Crippen MR) is 79.7 cm³/mol. The number of hydrogen-bond acceptors (Lipinski definition) is 4. The first kappa shape index (κ1) is 14.6. The van der Waals surface area contributed by atoms with E-state index in [9.17, 15) is 8.42 Å². The summed E-state index contributed by atoms with van der Waals surface area (Å²) >= 11 is 0. The summed E-state index contributed by atoms with van der Waals surface area (Å²) in [4.78, 5) is 0.364. The lowest BCUT2D eigenvalue weighted by molar-refractivity contribution is 0.601. The molecule has 1 aromatic heterocycles. The van der Waals surface area contributed by atoms with Gasteiger partial charge in [0.15, 0.2) is 9.84 Å². The van der Waals surface area contributed by atoms with Crippen LogP contribution >= 0.6 is 0 Å². The molecule has 0 aliphatic heterocycles. The SMILES string of the molecule is Cc1ccc(NCc2c(C)n[nH]c2C)cc1S(C)(=O)=O. The highest BCUT2D eigenvalue weighted by Crippen LogP contribution is 2.21. The smallest absolute Gasteiger partial charge is 0.175 e. The van der Waals surface area contributed by atoms with Crippen LogP contribution in [0.4, 0.5) is 5.69 Å². The summed E-state index contributed by atoms with van der Waals surface area (Å²) in [7, 11) is -3.20. The van der Waals surface area contributed by atoms with Gasteiger partial charge < -0.3 is 5.32 Å². The van der Waals surface area contributed by atoms with Crippen molar-refractivity contribution in [2.75, 3.05) is 11.6 Å². The molecule has 0 unspecified atom stereocenters. The van der Waals surface area contributed by atoms with Gasteiger partial charge in [-0.05, 0) is 38.5 Å². The number of nitrogens with one attached hydrogen (secondary N) is 2. The third-order valence-corrected chi connectivity index (χ3v) is 4.58. The highest BCUT2D eigenvalue weighted by Gasteiger charge is 2.12. The Morgan fingerprint density at radius 3 is 2.50 bits per heavy atom. The molecule has 0 atom stereocenters. The molecular formula is C14H19N3O2S. The van der Waals surface area contributed by atoms with Crippen molar-refractivity contribution in [3.8, 4) is 0 Å². The van der Waals surface area contributed by atoms with Gasteiger partial charge in [-0.25, -0.2) is 8.42 Å². The average molecular weight is 293 g/mol. The van der Waals surface area contributed by atoms with Crippen LogP contribution in [-0.2, 0) is 16.4 Å². The van der Waals surface area contributed by atoms with Crippen molar-refractivity contribution in [3.63, 3.8) is 0 Å². The fraction of sp³-hybridized carbons (Fsp3) is 0.357. The molecule has 0 bridgehead atoms. The number of rotatable bonds is 4. The van der Waals surface area contributed by atoms with Crippen LogP contribution in [0, 0.1) is 20.8 Å². The monoisotopic (exact) mass is 293 g/mol. The van der Waals surface area contributed by atoms with E-state index in [2.05, 4.69) is 15.5 Å². The molecule has 0 saturated carbocycles. The van der Waals surface area contributed by atoms with E-state index >= 15 is 0 Å². The fourth-order valence-electron chi connectivity index (χ4n) is 2.13. The molecule has 0 aliphatic carbocycles. The molecule has 0 saturated heterocycles. The zero-order chi connectivity index (χ0) is 14.9. The number of anilines is 1. The van der Waals surface area contributed by atoms with Gasteiger partial charge in [0.05, 0.1) is 10.6 Å². The van der Waals surface area contributed by atoms with Crippen LogP contribution in [0.3, 0.4) is 0 Å². The van der Waals surface area contributed by atoms with Gasteiger partial charge in [-0.15, -0.1) is 0 Å². The molecule has 1 aromatic carbocycles. The van der Waals surface area contributed by atoms with E-state index in [1.165, 1.54) is 6.26 Å². The Hall–Kier alpha value is -1.82. The maximum absolute atomic E-state index is 11.7. The van der Waals surface area contributed by atoms with Gasteiger partial charge in [0.25, 0.3) is 0 Å². The summed E-state index contributed by atoms with van der Waals surface area (Å²) < 4.78 is 23.4. The molecule has 0 fully saturated rings. The van der Waals surface area contributed by atoms with Gasteiger partial charge in [0, 0.05) is 29.7 Å². The minimum Gasteiger partial charge on any atom is -0.381 e. The average Bonchev–Trinajstić information content (AvgIpc) is 2.67. The molecular weight excluding hydrogens is 274 g/mol. The number of benzene rings is 1. The number of nitrogens with zero attached hydrogens (tertiary/aromatic N) is 1. The lowest BCUT2D eigenvalue weighted by Crippen LogP contribution is -2.05. The van der Waals surface area contributed by atoms with Crippen molar-refractivity contribution in [2.24, 2.45) is 0 Å². The number of aromatic amines is 1. The third kappa shape index (κ3) is 3.01. The Bertz CT molecular complexity index is 713. The largest absolute Gasteiger partial charge is 0.381 e. The topological polar surface area (TPSA) is 74.8 Å². The third-order valence-electron chi connectivity index (χ3n) is 3.34. The Morgan fingerprint density at radius 1 is 1.25 bits per heavy atom. The normalized spacial score (nSPS) is 11.6.